The summed E-state index contributed by atoms with van der Waals surface area (Å²) < 4.78 is 5.78. The van der Waals surface area contributed by atoms with Gasteiger partial charge in [0.2, 0.25) is 0 Å². The number of ketones is 1. The number of hydrogen-bond acceptors (Lipinski definition) is 6. The lowest BCUT2D eigenvalue weighted by molar-refractivity contribution is -0.269. The standard InChI is InChI=1S/C20H28O6/c1-10-11-6-12(23)15-19(7-11,16(10)24)17(25)26-14-4-5-18(2,3)13(8-21)20(14,15)9-22/h11-15,21-23H,1,4-9H2,2-3H3. The summed E-state index contributed by atoms with van der Waals surface area (Å²) >= 11 is 0. The van der Waals surface area contributed by atoms with Gasteiger partial charge in [0.15, 0.2) is 5.78 Å². The Bertz CT molecular complexity index is 684. The van der Waals surface area contributed by atoms with E-state index in [1.54, 1.807) is 0 Å². The summed E-state index contributed by atoms with van der Waals surface area (Å²) in [5.41, 5.74) is -2.44. The largest absolute Gasteiger partial charge is 0.461 e. The second kappa shape index (κ2) is 5.40. The van der Waals surface area contributed by atoms with Crippen LogP contribution < -0.4 is 0 Å². The lowest BCUT2D eigenvalue weighted by atomic mass is 9.43. The van der Waals surface area contributed by atoms with Crippen molar-refractivity contribution in [3.05, 3.63) is 12.2 Å². The van der Waals surface area contributed by atoms with Gasteiger partial charge in [-0.1, -0.05) is 20.4 Å². The van der Waals surface area contributed by atoms with Gasteiger partial charge in [-0.25, -0.2) is 0 Å². The van der Waals surface area contributed by atoms with Gasteiger partial charge in [-0.05, 0) is 48.5 Å². The minimum Gasteiger partial charge on any atom is -0.461 e. The Hall–Kier alpha value is -1.24. The number of aliphatic hydroxyl groups excluding tert-OH is 3. The summed E-state index contributed by atoms with van der Waals surface area (Å²) in [5, 5.41) is 31.9. The summed E-state index contributed by atoms with van der Waals surface area (Å²) in [7, 11) is 0. The Kier molecular flexibility index (Phi) is 3.76. The van der Waals surface area contributed by atoms with Gasteiger partial charge in [0.05, 0.1) is 12.7 Å². The zero-order valence-electron chi connectivity index (χ0n) is 15.4. The second-order valence-corrected chi connectivity index (χ2v) is 9.43. The van der Waals surface area contributed by atoms with Crippen molar-refractivity contribution in [2.24, 2.45) is 34.0 Å². The molecule has 3 N–H and O–H groups in total. The number of ether oxygens (including phenoxy) is 1. The molecule has 2 bridgehead atoms. The molecule has 0 aromatic heterocycles. The molecule has 144 valence electrons. The number of hydrogen-bond donors (Lipinski definition) is 3. The number of allylic oxidation sites excluding steroid dienone is 1. The summed E-state index contributed by atoms with van der Waals surface area (Å²) in [5.74, 6) is -2.30. The van der Waals surface area contributed by atoms with Gasteiger partial charge in [-0.15, -0.1) is 0 Å². The van der Waals surface area contributed by atoms with Crippen LogP contribution in [0.4, 0.5) is 0 Å². The number of carbonyl (C=O) groups excluding carboxylic acids is 2. The predicted octanol–water partition coefficient (Wildman–Crippen LogP) is 0.831. The Morgan fingerprint density at radius 3 is 2.58 bits per heavy atom. The van der Waals surface area contributed by atoms with E-state index in [-0.39, 0.29) is 42.7 Å². The molecule has 26 heavy (non-hydrogen) atoms. The van der Waals surface area contributed by atoms with E-state index in [1.807, 2.05) is 13.8 Å². The molecule has 1 spiro atoms. The Balaban J connectivity index is 1.96. The zero-order valence-corrected chi connectivity index (χ0v) is 15.4. The third-order valence-electron chi connectivity index (χ3n) is 8.09. The van der Waals surface area contributed by atoms with Gasteiger partial charge in [-0.3, -0.25) is 9.59 Å². The van der Waals surface area contributed by atoms with E-state index < -0.39 is 34.9 Å². The molecule has 3 aliphatic carbocycles. The third kappa shape index (κ3) is 1.83. The molecular formula is C20H28O6. The fourth-order valence-electron chi connectivity index (χ4n) is 6.89. The molecule has 3 saturated carbocycles. The van der Waals surface area contributed by atoms with Crippen molar-refractivity contribution in [3.63, 3.8) is 0 Å². The Labute approximate surface area is 153 Å². The molecule has 0 radical (unpaired) electrons. The van der Waals surface area contributed by atoms with Crippen molar-refractivity contribution >= 4 is 11.8 Å². The average molecular weight is 364 g/mol. The molecule has 4 fully saturated rings. The quantitative estimate of drug-likeness (QED) is 0.381. The molecule has 1 saturated heterocycles. The van der Waals surface area contributed by atoms with Crippen molar-refractivity contribution in [2.45, 2.75) is 51.7 Å². The number of rotatable bonds is 2. The SMILES string of the molecule is C=C1C(=O)C23CC1CC(O)C2C1(CO)C(CCC(C)(C)C1CO)OC3=O. The van der Waals surface area contributed by atoms with E-state index in [9.17, 15) is 24.9 Å². The molecular weight excluding hydrogens is 336 g/mol. The first-order chi connectivity index (χ1) is 12.2. The molecule has 1 heterocycles. The van der Waals surface area contributed by atoms with Crippen LogP contribution in [0.2, 0.25) is 0 Å². The van der Waals surface area contributed by atoms with Crippen LogP contribution in [0.1, 0.15) is 39.5 Å². The van der Waals surface area contributed by atoms with Crippen molar-refractivity contribution < 1.29 is 29.6 Å². The van der Waals surface area contributed by atoms with Gasteiger partial charge in [0.25, 0.3) is 0 Å². The van der Waals surface area contributed by atoms with Crippen molar-refractivity contribution in [1.29, 1.82) is 0 Å². The number of esters is 1. The van der Waals surface area contributed by atoms with Crippen molar-refractivity contribution in [3.8, 4) is 0 Å². The zero-order chi connectivity index (χ0) is 19.1. The number of aliphatic hydroxyl groups is 3. The molecule has 0 aromatic rings. The molecule has 0 amide bonds. The van der Waals surface area contributed by atoms with E-state index in [0.717, 1.165) is 6.42 Å². The molecule has 1 aliphatic heterocycles. The van der Waals surface area contributed by atoms with Crippen LogP contribution in [0.5, 0.6) is 0 Å². The van der Waals surface area contributed by atoms with Crippen LogP contribution in [0.15, 0.2) is 12.2 Å². The highest BCUT2D eigenvalue weighted by Crippen LogP contribution is 2.68. The maximum atomic E-state index is 13.1. The minimum absolute atomic E-state index is 0.195. The summed E-state index contributed by atoms with van der Waals surface area (Å²) in [6.07, 6.45) is 0.413. The summed E-state index contributed by atoms with van der Waals surface area (Å²) in [6, 6.07) is 0. The van der Waals surface area contributed by atoms with Gasteiger partial charge >= 0.3 is 5.97 Å². The van der Waals surface area contributed by atoms with Gasteiger partial charge < -0.3 is 20.1 Å². The van der Waals surface area contributed by atoms with Gasteiger partial charge in [-0.2, -0.15) is 0 Å². The average Bonchev–Trinajstić information content (AvgIpc) is 2.78. The molecule has 7 atom stereocenters. The molecule has 7 unspecified atom stereocenters. The summed E-state index contributed by atoms with van der Waals surface area (Å²) in [6.45, 7) is 7.39. The first-order valence-corrected chi connectivity index (χ1v) is 9.51. The Morgan fingerprint density at radius 2 is 1.96 bits per heavy atom. The first kappa shape index (κ1) is 18.1. The molecule has 0 aromatic carbocycles. The highest BCUT2D eigenvalue weighted by atomic mass is 16.6. The van der Waals surface area contributed by atoms with E-state index in [2.05, 4.69) is 6.58 Å². The van der Waals surface area contributed by atoms with Crippen LogP contribution in [-0.2, 0) is 14.3 Å². The van der Waals surface area contributed by atoms with Gasteiger partial charge in [0, 0.05) is 17.9 Å². The lowest BCUT2D eigenvalue weighted by Crippen LogP contribution is -2.72. The highest BCUT2D eigenvalue weighted by Gasteiger charge is 2.76. The van der Waals surface area contributed by atoms with E-state index in [0.29, 0.717) is 18.4 Å². The fourth-order valence-corrected chi connectivity index (χ4v) is 6.89. The molecule has 4 rings (SSSR count). The first-order valence-electron chi connectivity index (χ1n) is 9.51. The molecule has 4 aliphatic rings. The Morgan fingerprint density at radius 1 is 1.27 bits per heavy atom. The van der Waals surface area contributed by atoms with E-state index >= 15 is 0 Å². The van der Waals surface area contributed by atoms with Crippen LogP contribution in [0.25, 0.3) is 0 Å². The number of fused-ring (bicyclic) bond motifs is 3. The topological polar surface area (TPSA) is 104 Å². The van der Waals surface area contributed by atoms with Crippen LogP contribution >= 0.6 is 0 Å². The highest BCUT2D eigenvalue weighted by molar-refractivity contribution is 6.15. The van der Waals surface area contributed by atoms with Crippen LogP contribution in [-0.4, -0.2) is 52.5 Å². The van der Waals surface area contributed by atoms with Crippen molar-refractivity contribution in [2.75, 3.05) is 13.2 Å². The molecule has 6 heteroatoms. The maximum absolute atomic E-state index is 13.1. The number of carbonyl (C=O) groups is 2. The van der Waals surface area contributed by atoms with Crippen molar-refractivity contribution in [1.82, 2.24) is 0 Å². The predicted molar refractivity (Wildman–Crippen MR) is 91.8 cm³/mol. The normalized spacial score (nSPS) is 49.4. The van der Waals surface area contributed by atoms with E-state index in [1.165, 1.54) is 0 Å². The lowest BCUT2D eigenvalue weighted by Gasteiger charge is -2.64. The fraction of sp³-hybridized carbons (Fsp3) is 0.800. The maximum Gasteiger partial charge on any atom is 0.320 e. The second-order valence-electron chi connectivity index (χ2n) is 9.43. The summed E-state index contributed by atoms with van der Waals surface area (Å²) in [4.78, 5) is 26.2. The van der Waals surface area contributed by atoms with Crippen LogP contribution in [0.3, 0.4) is 0 Å². The minimum atomic E-state index is -1.47. The third-order valence-corrected chi connectivity index (χ3v) is 8.09. The monoisotopic (exact) mass is 364 g/mol. The number of Topliss-reactive ketones (excluding diaryl/α,β-unsaturated/α-hetero) is 1. The smallest absolute Gasteiger partial charge is 0.320 e. The molecule has 6 nitrogen and oxygen atoms in total. The van der Waals surface area contributed by atoms with Gasteiger partial charge in [0.1, 0.15) is 11.5 Å². The van der Waals surface area contributed by atoms with Crippen LogP contribution in [0, 0.1) is 34.0 Å². The van der Waals surface area contributed by atoms with E-state index in [4.69, 9.17) is 4.74 Å².